The smallest absolute Gasteiger partial charge is 0.0489 e. The Bertz CT molecular complexity index is 705. The molecule has 2 rings (SSSR count). The van der Waals surface area contributed by atoms with Gasteiger partial charge in [0.2, 0.25) is 0 Å². The third-order valence-electron chi connectivity index (χ3n) is 5.63. The molecule has 158 valence electrons. The van der Waals surface area contributed by atoms with Gasteiger partial charge in [-0.15, -0.1) is 22.7 Å². The SMILES string of the molecule is C=C(CC(C)(S)CCCCCCCC)c1cc2scc(CCCCCC)c2s1. The van der Waals surface area contributed by atoms with Crippen LogP contribution < -0.4 is 0 Å². The fourth-order valence-electron chi connectivity index (χ4n) is 3.88. The Balaban J connectivity index is 1.85. The highest BCUT2D eigenvalue weighted by Gasteiger charge is 2.21. The second-order valence-electron chi connectivity index (χ2n) is 8.67. The minimum Gasteiger partial charge on any atom is -0.172 e. The fraction of sp³-hybridized carbons (Fsp3) is 0.680. The molecule has 0 spiro atoms. The van der Waals surface area contributed by atoms with Crippen molar-refractivity contribution in [3.8, 4) is 0 Å². The van der Waals surface area contributed by atoms with Crippen LogP contribution in [-0.4, -0.2) is 4.75 Å². The van der Waals surface area contributed by atoms with Crippen molar-refractivity contribution in [1.29, 1.82) is 0 Å². The molecule has 0 aliphatic heterocycles. The van der Waals surface area contributed by atoms with Crippen molar-refractivity contribution in [3.05, 3.63) is 28.5 Å². The Labute approximate surface area is 187 Å². The van der Waals surface area contributed by atoms with E-state index in [-0.39, 0.29) is 4.75 Å². The lowest BCUT2D eigenvalue weighted by molar-refractivity contribution is 0.527. The zero-order valence-electron chi connectivity index (χ0n) is 18.3. The van der Waals surface area contributed by atoms with E-state index in [1.807, 2.05) is 22.7 Å². The average molecular weight is 437 g/mol. The van der Waals surface area contributed by atoms with E-state index >= 15 is 0 Å². The van der Waals surface area contributed by atoms with E-state index in [0.717, 1.165) is 6.42 Å². The molecule has 0 N–H and O–H groups in total. The van der Waals surface area contributed by atoms with E-state index in [1.165, 1.54) is 96.9 Å². The van der Waals surface area contributed by atoms with E-state index in [9.17, 15) is 0 Å². The largest absolute Gasteiger partial charge is 0.172 e. The second-order valence-corrected chi connectivity index (χ2v) is 11.7. The highest BCUT2D eigenvalue weighted by molar-refractivity contribution is 7.81. The molecule has 0 nitrogen and oxygen atoms in total. The lowest BCUT2D eigenvalue weighted by Gasteiger charge is -2.24. The van der Waals surface area contributed by atoms with E-state index in [0.29, 0.717) is 0 Å². The Morgan fingerprint density at radius 2 is 1.64 bits per heavy atom. The third kappa shape index (κ3) is 7.88. The highest BCUT2D eigenvalue weighted by atomic mass is 32.1. The van der Waals surface area contributed by atoms with Gasteiger partial charge in [0, 0.05) is 19.0 Å². The molecule has 0 aromatic carbocycles. The van der Waals surface area contributed by atoms with E-state index in [1.54, 1.807) is 5.56 Å². The number of thiophene rings is 2. The van der Waals surface area contributed by atoms with Crippen LogP contribution >= 0.6 is 35.3 Å². The van der Waals surface area contributed by atoms with Gasteiger partial charge in [-0.25, -0.2) is 0 Å². The summed E-state index contributed by atoms with van der Waals surface area (Å²) in [6.45, 7) is 11.3. The van der Waals surface area contributed by atoms with Crippen molar-refractivity contribution in [2.75, 3.05) is 0 Å². The first-order valence-corrected chi connectivity index (χ1v) is 13.5. The number of allylic oxidation sites excluding steroid dienone is 1. The quantitative estimate of drug-likeness (QED) is 0.208. The molecule has 2 aromatic rings. The van der Waals surface area contributed by atoms with Gasteiger partial charge in [-0.05, 0) is 48.3 Å². The van der Waals surface area contributed by atoms with Crippen molar-refractivity contribution >= 4 is 50.3 Å². The van der Waals surface area contributed by atoms with Gasteiger partial charge in [-0.3, -0.25) is 0 Å². The lowest BCUT2D eigenvalue weighted by Crippen LogP contribution is -2.16. The maximum absolute atomic E-state index is 5.00. The van der Waals surface area contributed by atoms with Crippen molar-refractivity contribution in [2.45, 2.75) is 109 Å². The summed E-state index contributed by atoms with van der Waals surface area (Å²) in [7, 11) is 0. The third-order valence-corrected chi connectivity index (χ3v) is 8.43. The number of rotatable bonds is 15. The molecule has 3 heteroatoms. The number of hydrogen-bond donors (Lipinski definition) is 1. The van der Waals surface area contributed by atoms with Crippen LogP contribution in [0.25, 0.3) is 15.0 Å². The van der Waals surface area contributed by atoms with Crippen molar-refractivity contribution in [3.63, 3.8) is 0 Å². The summed E-state index contributed by atoms with van der Waals surface area (Å²) in [6.07, 6.45) is 16.9. The highest BCUT2D eigenvalue weighted by Crippen LogP contribution is 2.40. The molecule has 0 aliphatic rings. The topological polar surface area (TPSA) is 0 Å². The van der Waals surface area contributed by atoms with Gasteiger partial charge in [-0.2, -0.15) is 12.6 Å². The molecule has 28 heavy (non-hydrogen) atoms. The van der Waals surface area contributed by atoms with Crippen LogP contribution in [0.3, 0.4) is 0 Å². The van der Waals surface area contributed by atoms with Gasteiger partial charge in [0.1, 0.15) is 0 Å². The van der Waals surface area contributed by atoms with Gasteiger partial charge in [0.05, 0.1) is 0 Å². The summed E-state index contributed by atoms with van der Waals surface area (Å²) in [6, 6.07) is 2.37. The number of hydrogen-bond acceptors (Lipinski definition) is 3. The molecule has 0 fully saturated rings. The number of unbranched alkanes of at least 4 members (excludes halogenated alkanes) is 8. The van der Waals surface area contributed by atoms with Crippen LogP contribution in [0.1, 0.15) is 108 Å². The zero-order valence-corrected chi connectivity index (χ0v) is 20.8. The van der Waals surface area contributed by atoms with E-state index in [2.05, 4.69) is 38.8 Å². The summed E-state index contributed by atoms with van der Waals surface area (Å²) in [5, 5.41) is 2.38. The number of aryl methyl sites for hydroxylation is 1. The summed E-state index contributed by atoms with van der Waals surface area (Å²) in [5.74, 6) is 0. The average Bonchev–Trinajstić information content (AvgIpc) is 3.23. The maximum atomic E-state index is 5.00. The summed E-state index contributed by atoms with van der Waals surface area (Å²) < 4.78 is 3.01. The minimum atomic E-state index is 0.0578. The first kappa shape index (κ1) is 24.0. The molecule has 2 heterocycles. The number of fused-ring (bicyclic) bond motifs is 1. The maximum Gasteiger partial charge on any atom is 0.0489 e. The molecule has 0 amide bonds. The van der Waals surface area contributed by atoms with Gasteiger partial charge in [0.25, 0.3) is 0 Å². The van der Waals surface area contributed by atoms with Crippen LogP contribution in [0, 0.1) is 0 Å². The van der Waals surface area contributed by atoms with Crippen LogP contribution in [0.5, 0.6) is 0 Å². The molecule has 1 unspecified atom stereocenters. The first-order chi connectivity index (χ1) is 13.5. The fourth-order valence-corrected chi connectivity index (χ4v) is 6.65. The van der Waals surface area contributed by atoms with Crippen molar-refractivity contribution in [1.82, 2.24) is 0 Å². The molecule has 0 saturated carbocycles. The molecule has 2 aromatic heterocycles. The summed E-state index contributed by atoms with van der Waals surface area (Å²) in [5.41, 5.74) is 2.83. The van der Waals surface area contributed by atoms with E-state index in [4.69, 9.17) is 12.6 Å². The lowest BCUT2D eigenvalue weighted by atomic mass is 9.94. The first-order valence-electron chi connectivity index (χ1n) is 11.4. The molecule has 0 bridgehead atoms. The van der Waals surface area contributed by atoms with Gasteiger partial charge < -0.3 is 0 Å². The predicted molar refractivity (Wildman–Crippen MR) is 137 cm³/mol. The Morgan fingerprint density at radius 1 is 1.00 bits per heavy atom. The summed E-state index contributed by atoms with van der Waals surface area (Å²) >= 11 is 8.87. The normalized spacial score (nSPS) is 13.9. The molecule has 0 saturated heterocycles. The van der Waals surface area contributed by atoms with Crippen LogP contribution in [0.15, 0.2) is 18.0 Å². The van der Waals surface area contributed by atoms with Crippen LogP contribution in [0.4, 0.5) is 0 Å². The zero-order chi connectivity index (χ0) is 20.4. The Kier molecular flexibility index (Phi) is 10.7. The molecular weight excluding hydrogens is 396 g/mol. The monoisotopic (exact) mass is 436 g/mol. The van der Waals surface area contributed by atoms with Gasteiger partial charge in [-0.1, -0.05) is 85.1 Å². The standard InChI is InChI=1S/C25H40S3/c1-5-7-9-11-12-14-16-25(4,26)18-20(3)22-17-23-24(28-22)21(19-27-23)15-13-10-8-6-2/h17,19,26H,3,5-16,18H2,1-2,4H3. The predicted octanol–water partition coefficient (Wildman–Crippen LogP) is 9.93. The molecule has 0 radical (unpaired) electrons. The van der Waals surface area contributed by atoms with E-state index < -0.39 is 0 Å². The van der Waals surface area contributed by atoms with Crippen molar-refractivity contribution in [2.24, 2.45) is 0 Å². The van der Waals surface area contributed by atoms with Crippen molar-refractivity contribution < 1.29 is 0 Å². The van der Waals surface area contributed by atoms with Crippen LogP contribution in [0.2, 0.25) is 0 Å². The molecule has 0 aliphatic carbocycles. The Morgan fingerprint density at radius 3 is 2.36 bits per heavy atom. The Hall–Kier alpha value is -0.250. The minimum absolute atomic E-state index is 0.0578. The molecular formula is C25H40S3. The van der Waals surface area contributed by atoms with Gasteiger partial charge >= 0.3 is 0 Å². The van der Waals surface area contributed by atoms with Crippen LogP contribution in [-0.2, 0) is 6.42 Å². The summed E-state index contributed by atoms with van der Waals surface area (Å²) in [4.78, 5) is 1.37. The second kappa shape index (κ2) is 12.4. The van der Waals surface area contributed by atoms with Gasteiger partial charge in [0.15, 0.2) is 0 Å². The number of thiol groups is 1. The molecule has 1 atom stereocenters.